The summed E-state index contributed by atoms with van der Waals surface area (Å²) in [5.41, 5.74) is 2.99. The Labute approximate surface area is 185 Å². The van der Waals surface area contributed by atoms with Crippen molar-refractivity contribution in [3.8, 4) is 0 Å². The zero-order valence-corrected chi connectivity index (χ0v) is 18.5. The molecule has 156 valence electrons. The number of carbonyl (C=O) groups excluding carboxylic acids is 1. The minimum absolute atomic E-state index is 0.186. The Morgan fingerprint density at radius 2 is 1.80 bits per heavy atom. The van der Waals surface area contributed by atoms with Gasteiger partial charge in [-0.1, -0.05) is 54.1 Å². The average molecular weight is 461 g/mol. The summed E-state index contributed by atoms with van der Waals surface area (Å²) in [6, 6.07) is 17.6. The van der Waals surface area contributed by atoms with Gasteiger partial charge in [0.25, 0.3) is 10.0 Å². The predicted octanol–water partition coefficient (Wildman–Crippen LogP) is 3.88. The molecule has 2 aromatic carbocycles. The number of fused-ring (bicyclic) bond motifs is 1. The van der Waals surface area contributed by atoms with Gasteiger partial charge in [0.1, 0.15) is 10.3 Å². The molecule has 30 heavy (non-hydrogen) atoms. The summed E-state index contributed by atoms with van der Waals surface area (Å²) in [5.74, 6) is -0.279. The lowest BCUT2D eigenvalue weighted by molar-refractivity contribution is -0.125. The van der Waals surface area contributed by atoms with E-state index in [1.165, 1.54) is 4.31 Å². The van der Waals surface area contributed by atoms with Crippen molar-refractivity contribution in [2.75, 3.05) is 6.54 Å². The lowest BCUT2D eigenvalue weighted by atomic mass is 9.95. The van der Waals surface area contributed by atoms with Crippen LogP contribution in [0.3, 0.4) is 0 Å². The van der Waals surface area contributed by atoms with Gasteiger partial charge in [0.2, 0.25) is 5.91 Å². The van der Waals surface area contributed by atoms with E-state index in [9.17, 15) is 13.2 Å². The largest absolute Gasteiger partial charge is 0.354 e. The molecule has 0 bridgehead atoms. The van der Waals surface area contributed by atoms with E-state index < -0.39 is 16.1 Å². The molecule has 0 saturated carbocycles. The summed E-state index contributed by atoms with van der Waals surface area (Å²) in [4.78, 5) is 13.0. The summed E-state index contributed by atoms with van der Waals surface area (Å²) in [5, 5.41) is 5.31. The first kappa shape index (κ1) is 21.1. The number of thiophene rings is 1. The number of hydrogen-bond acceptors (Lipinski definition) is 4. The minimum atomic E-state index is -3.76. The molecule has 2 heterocycles. The van der Waals surface area contributed by atoms with Crippen LogP contribution in [0.5, 0.6) is 0 Å². The van der Waals surface area contributed by atoms with Crippen LogP contribution < -0.4 is 5.32 Å². The molecule has 0 spiro atoms. The molecule has 1 atom stereocenters. The van der Waals surface area contributed by atoms with E-state index in [2.05, 4.69) is 5.32 Å². The highest BCUT2D eigenvalue weighted by molar-refractivity contribution is 7.91. The van der Waals surface area contributed by atoms with E-state index in [4.69, 9.17) is 11.6 Å². The summed E-state index contributed by atoms with van der Waals surface area (Å²) in [6.45, 7) is 0.608. The van der Waals surface area contributed by atoms with Gasteiger partial charge in [0.15, 0.2) is 0 Å². The average Bonchev–Trinajstić information content (AvgIpc) is 3.30. The molecule has 1 unspecified atom stereocenters. The van der Waals surface area contributed by atoms with Crippen molar-refractivity contribution in [1.82, 2.24) is 9.62 Å². The SMILES string of the molecule is O=C(NCCc1ccc(Cl)cc1)C1Cc2ccccc2CN1S(=O)(=O)c1cccs1. The number of carbonyl (C=O) groups is 1. The molecule has 1 N–H and O–H groups in total. The third-order valence-electron chi connectivity index (χ3n) is 5.19. The fourth-order valence-corrected chi connectivity index (χ4v) is 6.41. The summed E-state index contributed by atoms with van der Waals surface area (Å²) in [7, 11) is -3.76. The first-order valence-corrected chi connectivity index (χ1v) is 12.3. The highest BCUT2D eigenvalue weighted by atomic mass is 35.5. The molecule has 5 nitrogen and oxygen atoms in total. The third kappa shape index (κ3) is 4.44. The van der Waals surface area contributed by atoms with Gasteiger partial charge in [-0.05, 0) is 53.1 Å². The molecule has 0 saturated heterocycles. The topological polar surface area (TPSA) is 66.5 Å². The smallest absolute Gasteiger partial charge is 0.253 e. The standard InChI is InChI=1S/C22H21ClN2O3S2/c23-19-9-7-16(8-10-19)11-12-24-22(26)20-14-17-4-1-2-5-18(17)15-25(20)30(27,28)21-6-3-13-29-21/h1-10,13,20H,11-12,14-15H2,(H,24,26). The second kappa shape index (κ2) is 8.89. The Hall–Kier alpha value is -2.19. The third-order valence-corrected chi connectivity index (χ3v) is 8.67. The van der Waals surface area contributed by atoms with E-state index in [1.807, 2.05) is 48.5 Å². The van der Waals surface area contributed by atoms with Crippen LogP contribution in [0.4, 0.5) is 0 Å². The lowest BCUT2D eigenvalue weighted by Gasteiger charge is -2.34. The van der Waals surface area contributed by atoms with E-state index in [1.54, 1.807) is 17.5 Å². The molecular weight excluding hydrogens is 440 g/mol. The van der Waals surface area contributed by atoms with Crippen LogP contribution >= 0.6 is 22.9 Å². The Bertz CT molecular complexity index is 1130. The summed E-state index contributed by atoms with van der Waals surface area (Å²) < 4.78 is 28.1. The molecule has 0 aliphatic carbocycles. The maximum absolute atomic E-state index is 13.2. The second-order valence-corrected chi connectivity index (χ2v) is 10.6. The monoisotopic (exact) mass is 460 g/mol. The zero-order valence-electron chi connectivity index (χ0n) is 16.1. The number of halogens is 1. The Morgan fingerprint density at radius 1 is 1.07 bits per heavy atom. The number of nitrogens with zero attached hydrogens (tertiary/aromatic N) is 1. The van der Waals surface area contributed by atoms with Crippen molar-refractivity contribution in [2.45, 2.75) is 29.6 Å². The zero-order chi connectivity index (χ0) is 21.1. The first-order valence-electron chi connectivity index (χ1n) is 9.59. The van der Waals surface area contributed by atoms with Gasteiger partial charge >= 0.3 is 0 Å². The number of hydrogen-bond donors (Lipinski definition) is 1. The van der Waals surface area contributed by atoms with Crippen LogP contribution in [0.25, 0.3) is 0 Å². The molecule has 1 aliphatic rings. The van der Waals surface area contributed by atoms with Gasteiger partial charge in [-0.3, -0.25) is 4.79 Å². The van der Waals surface area contributed by atoms with E-state index in [0.717, 1.165) is 28.0 Å². The molecule has 8 heteroatoms. The fraction of sp³-hybridized carbons (Fsp3) is 0.227. The molecule has 1 aromatic heterocycles. The number of sulfonamides is 1. The Balaban J connectivity index is 1.53. The van der Waals surface area contributed by atoms with Gasteiger partial charge in [-0.15, -0.1) is 11.3 Å². The summed E-state index contributed by atoms with van der Waals surface area (Å²) >= 11 is 7.07. The van der Waals surface area contributed by atoms with Crippen molar-refractivity contribution in [2.24, 2.45) is 0 Å². The highest BCUT2D eigenvalue weighted by Gasteiger charge is 2.39. The molecule has 0 radical (unpaired) electrons. The number of benzene rings is 2. The van der Waals surface area contributed by atoms with E-state index in [0.29, 0.717) is 24.4 Å². The number of amides is 1. The van der Waals surface area contributed by atoms with Gasteiger partial charge < -0.3 is 5.32 Å². The van der Waals surface area contributed by atoms with E-state index in [-0.39, 0.29) is 16.7 Å². The van der Waals surface area contributed by atoms with Crippen LogP contribution in [0.15, 0.2) is 70.3 Å². The normalized spacial score (nSPS) is 16.8. The van der Waals surface area contributed by atoms with Gasteiger partial charge in [0.05, 0.1) is 0 Å². The second-order valence-electron chi connectivity index (χ2n) is 7.14. The van der Waals surface area contributed by atoms with Crippen molar-refractivity contribution < 1.29 is 13.2 Å². The van der Waals surface area contributed by atoms with Crippen LogP contribution in [-0.4, -0.2) is 31.2 Å². The molecule has 3 aromatic rings. The van der Waals surface area contributed by atoms with Crippen LogP contribution in [0, 0.1) is 0 Å². The van der Waals surface area contributed by atoms with Crippen molar-refractivity contribution >= 4 is 38.9 Å². The maximum atomic E-state index is 13.2. The minimum Gasteiger partial charge on any atom is -0.354 e. The predicted molar refractivity (Wildman–Crippen MR) is 119 cm³/mol. The van der Waals surface area contributed by atoms with Crippen molar-refractivity contribution in [3.63, 3.8) is 0 Å². The lowest BCUT2D eigenvalue weighted by Crippen LogP contribution is -2.52. The van der Waals surface area contributed by atoms with Gasteiger partial charge in [0, 0.05) is 18.1 Å². The molecule has 1 aliphatic heterocycles. The van der Waals surface area contributed by atoms with Crippen LogP contribution in [-0.2, 0) is 34.2 Å². The molecule has 0 fully saturated rings. The van der Waals surface area contributed by atoms with Crippen molar-refractivity contribution in [3.05, 3.63) is 87.8 Å². The highest BCUT2D eigenvalue weighted by Crippen LogP contribution is 2.30. The van der Waals surface area contributed by atoms with Crippen molar-refractivity contribution in [1.29, 1.82) is 0 Å². The Kier molecular flexibility index (Phi) is 6.24. The van der Waals surface area contributed by atoms with Gasteiger partial charge in [-0.25, -0.2) is 8.42 Å². The number of rotatable bonds is 6. The first-order chi connectivity index (χ1) is 14.4. The van der Waals surface area contributed by atoms with E-state index >= 15 is 0 Å². The van der Waals surface area contributed by atoms with Crippen LogP contribution in [0.1, 0.15) is 16.7 Å². The quantitative estimate of drug-likeness (QED) is 0.607. The maximum Gasteiger partial charge on any atom is 0.253 e. The summed E-state index contributed by atoms with van der Waals surface area (Å²) in [6.07, 6.45) is 0.997. The fourth-order valence-electron chi connectivity index (χ4n) is 3.60. The Morgan fingerprint density at radius 3 is 2.50 bits per heavy atom. The number of nitrogens with one attached hydrogen (secondary N) is 1. The molecular formula is C22H21ClN2O3S2. The molecule has 4 rings (SSSR count). The van der Waals surface area contributed by atoms with Crippen LogP contribution in [0.2, 0.25) is 5.02 Å². The molecule has 1 amide bonds. The van der Waals surface area contributed by atoms with Gasteiger partial charge in [-0.2, -0.15) is 4.31 Å².